The van der Waals surface area contributed by atoms with E-state index in [1.165, 1.54) is 21.7 Å². The lowest BCUT2D eigenvalue weighted by molar-refractivity contribution is -0.145. The molecule has 1 amide bonds. The standard InChI is InChI=1S/C19H21N3O5/c23-16-8-11-21(12-14-4-2-1-3-5-14)19(27)22(16)13-17(24)20-9-6-15(7-10-20)18(25)26/h1-5,8,11,15H,6-7,9-10,12-13H2,(H,25,26). The van der Waals surface area contributed by atoms with E-state index in [-0.39, 0.29) is 12.5 Å². The zero-order chi connectivity index (χ0) is 19.4. The van der Waals surface area contributed by atoms with Gasteiger partial charge in [0.05, 0.1) is 12.5 Å². The van der Waals surface area contributed by atoms with Gasteiger partial charge >= 0.3 is 11.7 Å². The van der Waals surface area contributed by atoms with Crippen molar-refractivity contribution in [1.82, 2.24) is 14.0 Å². The van der Waals surface area contributed by atoms with Gasteiger partial charge in [-0.2, -0.15) is 0 Å². The van der Waals surface area contributed by atoms with Crippen LogP contribution in [0.4, 0.5) is 0 Å². The van der Waals surface area contributed by atoms with E-state index in [0.717, 1.165) is 10.1 Å². The van der Waals surface area contributed by atoms with Gasteiger partial charge in [0.2, 0.25) is 5.91 Å². The molecule has 0 spiro atoms. The van der Waals surface area contributed by atoms with Gasteiger partial charge in [-0.25, -0.2) is 4.79 Å². The van der Waals surface area contributed by atoms with Crippen LogP contribution in [0.15, 0.2) is 52.2 Å². The molecule has 0 atom stereocenters. The lowest BCUT2D eigenvalue weighted by atomic mass is 9.97. The molecule has 1 aliphatic heterocycles. The molecule has 1 aromatic heterocycles. The lowest BCUT2D eigenvalue weighted by Gasteiger charge is -2.30. The molecule has 0 saturated carbocycles. The molecule has 2 aromatic rings. The maximum absolute atomic E-state index is 12.6. The Hall–Kier alpha value is -3.16. The first-order chi connectivity index (χ1) is 13.0. The Kier molecular flexibility index (Phi) is 5.54. The highest BCUT2D eigenvalue weighted by molar-refractivity contribution is 5.76. The van der Waals surface area contributed by atoms with Gasteiger partial charge in [0.15, 0.2) is 0 Å². The number of carbonyl (C=O) groups excluding carboxylic acids is 1. The first-order valence-electron chi connectivity index (χ1n) is 8.80. The summed E-state index contributed by atoms with van der Waals surface area (Å²) in [4.78, 5) is 49.7. The normalized spacial score (nSPS) is 14.9. The molecule has 8 heteroatoms. The van der Waals surface area contributed by atoms with Crippen molar-refractivity contribution in [1.29, 1.82) is 0 Å². The van der Waals surface area contributed by atoms with Crippen LogP contribution < -0.4 is 11.2 Å². The molecule has 0 radical (unpaired) electrons. The lowest BCUT2D eigenvalue weighted by Crippen LogP contribution is -2.46. The molecular formula is C19H21N3O5. The third kappa shape index (κ3) is 4.33. The zero-order valence-corrected chi connectivity index (χ0v) is 14.8. The number of carboxylic acids is 1. The fourth-order valence-corrected chi connectivity index (χ4v) is 3.21. The van der Waals surface area contributed by atoms with E-state index in [4.69, 9.17) is 5.11 Å². The SMILES string of the molecule is O=C(O)C1CCN(C(=O)Cn2c(=O)ccn(Cc3ccccc3)c2=O)CC1. The van der Waals surface area contributed by atoms with E-state index in [1.54, 1.807) is 0 Å². The van der Waals surface area contributed by atoms with Crippen molar-refractivity contribution in [3.8, 4) is 0 Å². The van der Waals surface area contributed by atoms with Crippen molar-refractivity contribution in [2.45, 2.75) is 25.9 Å². The first-order valence-corrected chi connectivity index (χ1v) is 8.80. The van der Waals surface area contributed by atoms with E-state index in [0.29, 0.717) is 32.5 Å². The summed E-state index contributed by atoms with van der Waals surface area (Å²) in [5.41, 5.74) is -0.162. The number of carbonyl (C=O) groups is 2. The van der Waals surface area contributed by atoms with Crippen LogP contribution in [0.3, 0.4) is 0 Å². The van der Waals surface area contributed by atoms with Crippen molar-refractivity contribution in [2.75, 3.05) is 13.1 Å². The molecule has 1 aromatic carbocycles. The van der Waals surface area contributed by atoms with Crippen molar-refractivity contribution in [3.05, 3.63) is 69.0 Å². The van der Waals surface area contributed by atoms with Gasteiger partial charge in [-0.3, -0.25) is 23.5 Å². The van der Waals surface area contributed by atoms with Crippen molar-refractivity contribution < 1.29 is 14.7 Å². The minimum absolute atomic E-state index is 0.304. The van der Waals surface area contributed by atoms with E-state index in [9.17, 15) is 19.2 Å². The summed E-state index contributed by atoms with van der Waals surface area (Å²) in [6.45, 7) is 0.592. The van der Waals surface area contributed by atoms with E-state index < -0.39 is 23.1 Å². The highest BCUT2D eigenvalue weighted by Crippen LogP contribution is 2.17. The second-order valence-corrected chi connectivity index (χ2v) is 6.63. The van der Waals surface area contributed by atoms with E-state index in [2.05, 4.69) is 0 Å². The molecule has 142 valence electrons. The monoisotopic (exact) mass is 371 g/mol. The topological polar surface area (TPSA) is 102 Å². The van der Waals surface area contributed by atoms with Crippen molar-refractivity contribution >= 4 is 11.9 Å². The Morgan fingerprint density at radius 2 is 1.70 bits per heavy atom. The van der Waals surface area contributed by atoms with Gasteiger partial charge < -0.3 is 10.0 Å². The zero-order valence-electron chi connectivity index (χ0n) is 14.8. The number of hydrogen-bond donors (Lipinski definition) is 1. The number of carboxylic acid groups (broad SMARTS) is 1. The number of aliphatic carboxylic acids is 1. The highest BCUT2D eigenvalue weighted by Gasteiger charge is 2.27. The highest BCUT2D eigenvalue weighted by atomic mass is 16.4. The van der Waals surface area contributed by atoms with Crippen LogP contribution in [0, 0.1) is 5.92 Å². The maximum Gasteiger partial charge on any atom is 0.331 e. The summed E-state index contributed by atoms with van der Waals surface area (Å²) in [5, 5.41) is 9.03. The Bertz CT molecular complexity index is 940. The number of hydrogen-bond acceptors (Lipinski definition) is 4. The summed E-state index contributed by atoms with van der Waals surface area (Å²) in [6, 6.07) is 10.6. The largest absolute Gasteiger partial charge is 0.481 e. The van der Waals surface area contributed by atoms with Gasteiger partial charge in [-0.15, -0.1) is 0 Å². The molecule has 8 nitrogen and oxygen atoms in total. The quantitative estimate of drug-likeness (QED) is 0.819. The fraction of sp³-hybridized carbons (Fsp3) is 0.368. The van der Waals surface area contributed by atoms with Crippen molar-refractivity contribution in [3.63, 3.8) is 0 Å². The molecular weight excluding hydrogens is 350 g/mol. The summed E-state index contributed by atoms with van der Waals surface area (Å²) in [5.74, 6) is -1.66. The first kappa shape index (κ1) is 18.6. The van der Waals surface area contributed by atoms with Gasteiger partial charge in [0.25, 0.3) is 5.56 Å². The van der Waals surface area contributed by atoms with Crippen LogP contribution in [-0.4, -0.2) is 44.1 Å². The number of nitrogens with zero attached hydrogens (tertiary/aromatic N) is 3. The van der Waals surface area contributed by atoms with Gasteiger partial charge in [0, 0.05) is 25.4 Å². The van der Waals surface area contributed by atoms with Gasteiger partial charge in [0.1, 0.15) is 6.54 Å². The molecule has 0 unspecified atom stereocenters. The Balaban J connectivity index is 1.74. The van der Waals surface area contributed by atoms with E-state index >= 15 is 0 Å². The van der Waals surface area contributed by atoms with Crippen LogP contribution in [0.1, 0.15) is 18.4 Å². The third-order valence-electron chi connectivity index (χ3n) is 4.83. The van der Waals surface area contributed by atoms with E-state index in [1.807, 2.05) is 30.3 Å². The average molecular weight is 371 g/mol. The molecule has 0 bridgehead atoms. The summed E-state index contributed by atoms with van der Waals surface area (Å²) in [7, 11) is 0. The number of benzene rings is 1. The summed E-state index contributed by atoms with van der Waals surface area (Å²) < 4.78 is 2.31. The smallest absolute Gasteiger partial charge is 0.331 e. The molecule has 0 aliphatic carbocycles. The molecule has 1 aliphatic rings. The second kappa shape index (κ2) is 8.03. The second-order valence-electron chi connectivity index (χ2n) is 6.63. The van der Waals surface area contributed by atoms with Crippen molar-refractivity contribution in [2.24, 2.45) is 5.92 Å². The van der Waals surface area contributed by atoms with Crippen LogP contribution in [0.2, 0.25) is 0 Å². The Morgan fingerprint density at radius 1 is 1.04 bits per heavy atom. The van der Waals surface area contributed by atoms with Crippen LogP contribution in [0.25, 0.3) is 0 Å². The molecule has 2 heterocycles. The number of aromatic nitrogens is 2. The minimum atomic E-state index is -0.856. The van der Waals surface area contributed by atoms with Gasteiger partial charge in [-0.1, -0.05) is 30.3 Å². The summed E-state index contributed by atoms with van der Waals surface area (Å²) >= 11 is 0. The maximum atomic E-state index is 12.6. The number of piperidine rings is 1. The minimum Gasteiger partial charge on any atom is -0.481 e. The predicted molar refractivity (Wildman–Crippen MR) is 97.4 cm³/mol. The number of likely N-dealkylation sites (tertiary alicyclic amines) is 1. The molecule has 1 saturated heterocycles. The van der Waals surface area contributed by atoms with Crippen LogP contribution in [0.5, 0.6) is 0 Å². The Morgan fingerprint density at radius 3 is 2.33 bits per heavy atom. The van der Waals surface area contributed by atoms with Crippen LogP contribution in [-0.2, 0) is 22.7 Å². The van der Waals surface area contributed by atoms with Gasteiger partial charge in [-0.05, 0) is 18.4 Å². The average Bonchev–Trinajstić information content (AvgIpc) is 2.68. The molecule has 27 heavy (non-hydrogen) atoms. The molecule has 1 fully saturated rings. The fourth-order valence-electron chi connectivity index (χ4n) is 3.21. The molecule has 1 N–H and O–H groups in total. The number of amides is 1. The van der Waals surface area contributed by atoms with Crippen LogP contribution >= 0.6 is 0 Å². The Labute approximate surface area is 155 Å². The summed E-state index contributed by atoms with van der Waals surface area (Å²) in [6.07, 6.45) is 2.18. The predicted octanol–water partition coefficient (Wildman–Crippen LogP) is 0.381. The molecule has 3 rings (SSSR count). The number of rotatable bonds is 5. The third-order valence-corrected chi connectivity index (χ3v) is 4.83.